The Morgan fingerprint density at radius 3 is 2.59 bits per heavy atom. The van der Waals surface area contributed by atoms with Crippen LogP contribution in [0.3, 0.4) is 0 Å². The van der Waals surface area contributed by atoms with E-state index in [0.717, 1.165) is 5.56 Å². The Morgan fingerprint density at radius 2 is 1.91 bits per heavy atom. The number of methoxy groups -OCH3 is 2. The quantitative estimate of drug-likeness (QED) is 0.682. The molecule has 0 aliphatic rings. The van der Waals surface area contributed by atoms with E-state index in [-0.39, 0.29) is 5.91 Å². The third-order valence-corrected chi connectivity index (χ3v) is 3.08. The number of carbonyl (C=O) groups excluding carboxylic acids is 1. The van der Waals surface area contributed by atoms with Crippen molar-refractivity contribution in [3.05, 3.63) is 59.2 Å². The van der Waals surface area contributed by atoms with Gasteiger partial charge in [-0.05, 0) is 31.2 Å². The lowest BCUT2D eigenvalue weighted by Crippen LogP contribution is -2.17. The molecule has 0 unspecified atom stereocenters. The fourth-order valence-corrected chi connectivity index (χ4v) is 2.02. The van der Waals surface area contributed by atoms with Crippen molar-refractivity contribution in [2.75, 3.05) is 14.2 Å². The molecular formula is C17H18N2O3. The van der Waals surface area contributed by atoms with E-state index < -0.39 is 0 Å². The molecule has 0 bridgehead atoms. The number of aryl methyl sites for hydroxylation is 1. The molecule has 0 aromatic heterocycles. The van der Waals surface area contributed by atoms with Gasteiger partial charge in [0.1, 0.15) is 0 Å². The summed E-state index contributed by atoms with van der Waals surface area (Å²) >= 11 is 0. The highest BCUT2D eigenvalue weighted by Crippen LogP contribution is 2.29. The van der Waals surface area contributed by atoms with Crippen molar-refractivity contribution in [3.8, 4) is 11.5 Å². The third kappa shape index (κ3) is 3.63. The van der Waals surface area contributed by atoms with Crippen molar-refractivity contribution in [1.29, 1.82) is 0 Å². The minimum absolute atomic E-state index is 0.262. The Morgan fingerprint density at radius 1 is 1.14 bits per heavy atom. The summed E-state index contributed by atoms with van der Waals surface area (Å²) < 4.78 is 10.5. The van der Waals surface area contributed by atoms with Gasteiger partial charge in [0.2, 0.25) is 0 Å². The number of para-hydroxylation sites is 1. The van der Waals surface area contributed by atoms with Crippen molar-refractivity contribution in [1.82, 2.24) is 5.43 Å². The summed E-state index contributed by atoms with van der Waals surface area (Å²) in [7, 11) is 3.12. The first-order chi connectivity index (χ1) is 10.7. The molecule has 114 valence electrons. The summed E-state index contributed by atoms with van der Waals surface area (Å²) in [6.45, 7) is 1.93. The predicted molar refractivity (Wildman–Crippen MR) is 85.8 cm³/mol. The van der Waals surface area contributed by atoms with Crippen LogP contribution in [0.25, 0.3) is 0 Å². The number of hydrogen-bond donors (Lipinski definition) is 1. The van der Waals surface area contributed by atoms with Crippen LogP contribution < -0.4 is 14.9 Å². The van der Waals surface area contributed by atoms with E-state index >= 15 is 0 Å². The number of hydrogen-bond acceptors (Lipinski definition) is 4. The molecule has 0 saturated heterocycles. The Balaban J connectivity index is 2.11. The minimum atomic E-state index is -0.262. The van der Waals surface area contributed by atoms with Gasteiger partial charge in [0.25, 0.3) is 5.91 Å². The molecule has 5 nitrogen and oxygen atoms in total. The SMILES string of the molecule is COc1cccc(/C=N\NC(=O)c2cccc(C)c2)c1OC. The summed E-state index contributed by atoms with van der Waals surface area (Å²) in [6, 6.07) is 12.7. The molecule has 1 N–H and O–H groups in total. The summed E-state index contributed by atoms with van der Waals surface area (Å²) in [6.07, 6.45) is 1.52. The van der Waals surface area contributed by atoms with Crippen LogP contribution in [0.5, 0.6) is 11.5 Å². The van der Waals surface area contributed by atoms with Crippen LogP contribution in [0.2, 0.25) is 0 Å². The van der Waals surface area contributed by atoms with E-state index in [1.807, 2.05) is 31.2 Å². The Hall–Kier alpha value is -2.82. The molecule has 2 aromatic rings. The van der Waals surface area contributed by atoms with Crippen LogP contribution >= 0.6 is 0 Å². The zero-order valence-corrected chi connectivity index (χ0v) is 12.8. The molecule has 0 heterocycles. The highest BCUT2D eigenvalue weighted by atomic mass is 16.5. The second-order valence-corrected chi connectivity index (χ2v) is 4.65. The van der Waals surface area contributed by atoms with E-state index in [9.17, 15) is 4.79 Å². The lowest BCUT2D eigenvalue weighted by molar-refractivity contribution is 0.0955. The summed E-state index contributed by atoms with van der Waals surface area (Å²) in [4.78, 5) is 12.0. The van der Waals surface area contributed by atoms with Gasteiger partial charge >= 0.3 is 0 Å². The van der Waals surface area contributed by atoms with Crippen LogP contribution in [0, 0.1) is 6.92 Å². The smallest absolute Gasteiger partial charge is 0.271 e. The predicted octanol–water partition coefficient (Wildman–Crippen LogP) is 2.78. The largest absolute Gasteiger partial charge is 0.493 e. The first-order valence-electron chi connectivity index (χ1n) is 6.76. The number of nitrogens with zero attached hydrogens (tertiary/aromatic N) is 1. The normalized spacial score (nSPS) is 10.5. The number of carbonyl (C=O) groups is 1. The molecule has 22 heavy (non-hydrogen) atoms. The van der Waals surface area contributed by atoms with Gasteiger partial charge < -0.3 is 9.47 Å². The fourth-order valence-electron chi connectivity index (χ4n) is 2.02. The van der Waals surface area contributed by atoms with Crippen molar-refractivity contribution in [3.63, 3.8) is 0 Å². The van der Waals surface area contributed by atoms with E-state index in [1.165, 1.54) is 6.21 Å². The highest BCUT2D eigenvalue weighted by Gasteiger charge is 2.08. The van der Waals surface area contributed by atoms with E-state index in [2.05, 4.69) is 10.5 Å². The number of ether oxygens (including phenoxy) is 2. The summed E-state index contributed by atoms with van der Waals surface area (Å²) in [5.74, 6) is 0.914. The molecular weight excluding hydrogens is 280 g/mol. The van der Waals surface area contributed by atoms with E-state index in [4.69, 9.17) is 9.47 Å². The van der Waals surface area contributed by atoms with Gasteiger partial charge in [-0.2, -0.15) is 5.10 Å². The standard InChI is InChI=1S/C17H18N2O3/c1-12-6-4-7-13(10-12)17(20)19-18-11-14-8-5-9-15(21-2)16(14)22-3/h4-11H,1-3H3,(H,19,20)/b18-11-. The van der Waals surface area contributed by atoms with Crippen molar-refractivity contribution < 1.29 is 14.3 Å². The van der Waals surface area contributed by atoms with E-state index in [1.54, 1.807) is 32.4 Å². The average Bonchev–Trinajstić information content (AvgIpc) is 2.54. The first-order valence-corrected chi connectivity index (χ1v) is 6.76. The monoisotopic (exact) mass is 298 g/mol. The van der Waals surface area contributed by atoms with Crippen molar-refractivity contribution in [2.45, 2.75) is 6.92 Å². The Kier molecular flexibility index (Phi) is 5.14. The molecule has 0 atom stereocenters. The van der Waals surface area contributed by atoms with Crippen molar-refractivity contribution in [2.24, 2.45) is 5.10 Å². The lowest BCUT2D eigenvalue weighted by atomic mass is 10.1. The maximum atomic E-state index is 12.0. The molecule has 0 radical (unpaired) electrons. The molecule has 0 aliphatic carbocycles. The molecule has 5 heteroatoms. The molecule has 0 fully saturated rings. The van der Waals surface area contributed by atoms with E-state index in [0.29, 0.717) is 22.6 Å². The highest BCUT2D eigenvalue weighted by molar-refractivity contribution is 5.95. The molecule has 0 spiro atoms. The fraction of sp³-hybridized carbons (Fsp3) is 0.176. The van der Waals surface area contributed by atoms with Gasteiger partial charge in [0.15, 0.2) is 11.5 Å². The maximum absolute atomic E-state index is 12.0. The van der Waals surface area contributed by atoms with Crippen LogP contribution in [0.15, 0.2) is 47.6 Å². The first kappa shape index (κ1) is 15.6. The number of nitrogens with one attached hydrogen (secondary N) is 1. The topological polar surface area (TPSA) is 59.9 Å². The molecule has 0 aliphatic heterocycles. The lowest BCUT2D eigenvalue weighted by Gasteiger charge is -2.09. The van der Waals surface area contributed by atoms with Gasteiger partial charge in [-0.15, -0.1) is 0 Å². The van der Waals surface area contributed by atoms with Gasteiger partial charge in [0.05, 0.1) is 20.4 Å². The Labute approximate surface area is 129 Å². The van der Waals surface area contributed by atoms with Gasteiger partial charge in [0, 0.05) is 11.1 Å². The van der Waals surface area contributed by atoms with Crippen LogP contribution in [0.4, 0.5) is 0 Å². The average molecular weight is 298 g/mol. The van der Waals surface area contributed by atoms with Gasteiger partial charge in [-0.1, -0.05) is 23.8 Å². The number of hydrazone groups is 1. The third-order valence-electron chi connectivity index (χ3n) is 3.08. The maximum Gasteiger partial charge on any atom is 0.271 e. The Bertz CT molecular complexity index is 696. The van der Waals surface area contributed by atoms with Crippen LogP contribution in [-0.4, -0.2) is 26.3 Å². The van der Waals surface area contributed by atoms with Gasteiger partial charge in [-0.3, -0.25) is 4.79 Å². The van der Waals surface area contributed by atoms with Crippen LogP contribution in [-0.2, 0) is 0 Å². The number of amides is 1. The number of benzene rings is 2. The van der Waals surface area contributed by atoms with Crippen LogP contribution in [0.1, 0.15) is 21.5 Å². The zero-order valence-electron chi connectivity index (χ0n) is 12.8. The molecule has 1 amide bonds. The molecule has 2 aromatic carbocycles. The summed E-state index contributed by atoms with van der Waals surface area (Å²) in [5.41, 5.74) is 4.80. The second-order valence-electron chi connectivity index (χ2n) is 4.65. The second kappa shape index (κ2) is 7.26. The zero-order chi connectivity index (χ0) is 15.9. The minimum Gasteiger partial charge on any atom is -0.493 e. The summed E-state index contributed by atoms with van der Waals surface area (Å²) in [5, 5.41) is 3.97. The van der Waals surface area contributed by atoms with Gasteiger partial charge in [-0.25, -0.2) is 5.43 Å². The van der Waals surface area contributed by atoms with Crippen molar-refractivity contribution >= 4 is 12.1 Å². The molecule has 2 rings (SSSR count). The molecule has 0 saturated carbocycles. The number of rotatable bonds is 5.